The Labute approximate surface area is 185 Å². The maximum atomic E-state index is 11.7. The van der Waals surface area contributed by atoms with Gasteiger partial charge in [0.25, 0.3) is 5.91 Å². The van der Waals surface area contributed by atoms with Crippen LogP contribution in [0.5, 0.6) is 11.5 Å². The molecule has 6 nitrogen and oxygen atoms in total. The summed E-state index contributed by atoms with van der Waals surface area (Å²) < 4.78 is 11.6. The van der Waals surface area contributed by atoms with E-state index in [-0.39, 0.29) is 25.5 Å². The summed E-state index contributed by atoms with van der Waals surface area (Å²) in [6.45, 7) is -0.00624. The summed E-state index contributed by atoms with van der Waals surface area (Å²) in [5.41, 5.74) is 4.57. The minimum Gasteiger partial charge on any atom is -0.492 e. The Morgan fingerprint density at radius 3 is 2.25 bits per heavy atom. The van der Waals surface area contributed by atoms with Crippen molar-refractivity contribution >= 4 is 62.5 Å². The molecule has 0 spiro atoms. The second-order valence-corrected chi connectivity index (χ2v) is 7.65. The Kier molecular flexibility index (Phi) is 9.18. The zero-order valence-electron chi connectivity index (χ0n) is 14.4. The molecule has 0 unspecified atom stereocenters. The van der Waals surface area contributed by atoms with Crippen LogP contribution in [0.4, 0.5) is 0 Å². The molecule has 0 saturated carbocycles. The van der Waals surface area contributed by atoms with Crippen LogP contribution in [0.3, 0.4) is 0 Å². The molecule has 0 aliphatic heterocycles. The lowest BCUT2D eigenvalue weighted by Crippen LogP contribution is -2.43. The van der Waals surface area contributed by atoms with Crippen LogP contribution in [0.25, 0.3) is 0 Å². The van der Waals surface area contributed by atoms with Crippen LogP contribution >= 0.6 is 50.7 Å². The SMILES string of the molecule is O=C(CCCOc1ccc(Cl)cc1Cl)NNC(=O)COc1ccc(Br)cc1Cl. The van der Waals surface area contributed by atoms with Gasteiger partial charge in [0, 0.05) is 15.9 Å². The van der Waals surface area contributed by atoms with Crippen molar-refractivity contribution in [2.75, 3.05) is 13.2 Å². The lowest BCUT2D eigenvalue weighted by molar-refractivity contribution is -0.130. The second-order valence-electron chi connectivity index (χ2n) is 5.49. The highest BCUT2D eigenvalue weighted by atomic mass is 79.9. The lowest BCUT2D eigenvalue weighted by atomic mass is 10.3. The van der Waals surface area contributed by atoms with Crippen molar-refractivity contribution in [3.63, 3.8) is 0 Å². The molecule has 0 aliphatic rings. The van der Waals surface area contributed by atoms with Gasteiger partial charge in [-0.05, 0) is 42.8 Å². The number of ether oxygens (including phenoxy) is 2. The molecule has 0 aromatic heterocycles. The maximum absolute atomic E-state index is 11.7. The molecule has 0 radical (unpaired) electrons. The van der Waals surface area contributed by atoms with E-state index in [4.69, 9.17) is 44.3 Å². The van der Waals surface area contributed by atoms with Gasteiger partial charge in [0.05, 0.1) is 16.7 Å². The molecule has 10 heteroatoms. The highest BCUT2D eigenvalue weighted by Crippen LogP contribution is 2.28. The minimum atomic E-state index is -0.517. The number of carbonyl (C=O) groups is 2. The molecule has 150 valence electrons. The summed E-state index contributed by atoms with van der Waals surface area (Å²) in [6, 6.07) is 9.91. The van der Waals surface area contributed by atoms with Gasteiger partial charge in [-0.15, -0.1) is 0 Å². The number of nitrogens with one attached hydrogen (secondary N) is 2. The van der Waals surface area contributed by atoms with Gasteiger partial charge in [-0.25, -0.2) is 0 Å². The standard InChI is InChI=1S/C18H16BrCl3N2O4/c19-11-3-5-16(13(21)8-11)28-10-18(26)24-23-17(25)2-1-7-27-15-6-4-12(20)9-14(15)22/h3-6,8-9H,1-2,7,10H2,(H,23,25)(H,24,26). The smallest absolute Gasteiger partial charge is 0.276 e. The van der Waals surface area contributed by atoms with Crippen molar-refractivity contribution in [1.29, 1.82) is 0 Å². The number of rotatable bonds is 8. The number of halogens is 4. The molecule has 0 fully saturated rings. The van der Waals surface area contributed by atoms with E-state index in [1.807, 2.05) is 0 Å². The number of benzene rings is 2. The minimum absolute atomic E-state index is 0.158. The van der Waals surface area contributed by atoms with Gasteiger partial charge in [-0.1, -0.05) is 50.7 Å². The number of hydrogen-bond donors (Lipinski definition) is 2. The zero-order chi connectivity index (χ0) is 20.5. The topological polar surface area (TPSA) is 76.7 Å². The molecule has 0 bridgehead atoms. The highest BCUT2D eigenvalue weighted by Gasteiger charge is 2.08. The van der Waals surface area contributed by atoms with Gasteiger partial charge in [0.15, 0.2) is 6.61 Å². The number of hydrazine groups is 1. The van der Waals surface area contributed by atoms with Gasteiger partial charge in [0.2, 0.25) is 5.91 Å². The fourth-order valence-corrected chi connectivity index (χ4v) is 3.17. The van der Waals surface area contributed by atoms with Gasteiger partial charge in [-0.3, -0.25) is 20.4 Å². The molecule has 2 N–H and O–H groups in total. The summed E-state index contributed by atoms with van der Waals surface area (Å²) in [6.07, 6.45) is 0.594. The third-order valence-electron chi connectivity index (χ3n) is 3.29. The molecule has 2 aromatic rings. The van der Waals surface area contributed by atoms with Crippen LogP contribution in [0.1, 0.15) is 12.8 Å². The van der Waals surface area contributed by atoms with E-state index in [0.29, 0.717) is 33.0 Å². The second kappa shape index (κ2) is 11.4. The van der Waals surface area contributed by atoms with Crippen LogP contribution in [0.15, 0.2) is 40.9 Å². The molecular weight excluding hydrogens is 494 g/mol. The van der Waals surface area contributed by atoms with Gasteiger partial charge < -0.3 is 9.47 Å². The predicted octanol–water partition coefficient (Wildman–Crippen LogP) is 4.79. The summed E-state index contributed by atoms with van der Waals surface area (Å²) >= 11 is 21.1. The average molecular weight is 511 g/mol. The van der Waals surface area contributed by atoms with Gasteiger partial charge >= 0.3 is 0 Å². The van der Waals surface area contributed by atoms with E-state index < -0.39 is 5.91 Å². The van der Waals surface area contributed by atoms with Crippen LogP contribution in [0, 0.1) is 0 Å². The summed E-state index contributed by atoms with van der Waals surface area (Å²) in [7, 11) is 0. The maximum Gasteiger partial charge on any atom is 0.276 e. The van der Waals surface area contributed by atoms with Crippen LogP contribution < -0.4 is 20.3 Å². The molecule has 0 heterocycles. The lowest BCUT2D eigenvalue weighted by Gasteiger charge is -2.10. The first-order chi connectivity index (χ1) is 13.3. The molecule has 0 aliphatic carbocycles. The van der Waals surface area contributed by atoms with E-state index in [9.17, 15) is 9.59 Å². The normalized spacial score (nSPS) is 10.3. The summed E-state index contributed by atoms with van der Waals surface area (Å²) in [5.74, 6) is -0.0229. The molecule has 0 atom stereocenters. The Morgan fingerprint density at radius 1 is 0.893 bits per heavy atom. The fraction of sp³-hybridized carbons (Fsp3) is 0.222. The van der Waals surface area contributed by atoms with Crippen molar-refractivity contribution in [1.82, 2.24) is 10.9 Å². The highest BCUT2D eigenvalue weighted by molar-refractivity contribution is 9.10. The largest absolute Gasteiger partial charge is 0.492 e. The third kappa shape index (κ3) is 7.75. The first-order valence-corrected chi connectivity index (χ1v) is 10.0. The van der Waals surface area contributed by atoms with Crippen molar-refractivity contribution in [2.24, 2.45) is 0 Å². The summed E-state index contributed by atoms with van der Waals surface area (Å²) in [4.78, 5) is 23.5. The average Bonchev–Trinajstić information content (AvgIpc) is 2.64. The fourth-order valence-electron chi connectivity index (χ4n) is 1.98. The van der Waals surface area contributed by atoms with E-state index in [0.717, 1.165) is 4.47 Å². The molecular formula is C18H16BrCl3N2O4. The van der Waals surface area contributed by atoms with Gasteiger partial charge in [-0.2, -0.15) is 0 Å². The van der Waals surface area contributed by atoms with E-state index in [2.05, 4.69) is 26.8 Å². The van der Waals surface area contributed by atoms with Gasteiger partial charge in [0.1, 0.15) is 11.5 Å². The van der Waals surface area contributed by atoms with Crippen molar-refractivity contribution < 1.29 is 19.1 Å². The zero-order valence-corrected chi connectivity index (χ0v) is 18.3. The van der Waals surface area contributed by atoms with E-state index in [1.165, 1.54) is 0 Å². The monoisotopic (exact) mass is 508 g/mol. The first kappa shape index (κ1) is 22.6. The molecule has 2 rings (SSSR count). The third-order valence-corrected chi connectivity index (χ3v) is 4.61. The number of carbonyl (C=O) groups excluding carboxylic acids is 2. The van der Waals surface area contributed by atoms with E-state index in [1.54, 1.807) is 36.4 Å². The molecule has 0 saturated heterocycles. The van der Waals surface area contributed by atoms with Crippen molar-refractivity contribution in [3.05, 3.63) is 55.9 Å². The molecule has 2 amide bonds. The Morgan fingerprint density at radius 2 is 1.54 bits per heavy atom. The van der Waals surface area contributed by atoms with Crippen LogP contribution in [0.2, 0.25) is 15.1 Å². The Hall–Kier alpha value is -1.67. The quantitative estimate of drug-likeness (QED) is 0.395. The summed E-state index contributed by atoms with van der Waals surface area (Å²) in [5, 5.41) is 1.28. The number of hydrogen-bond acceptors (Lipinski definition) is 4. The Balaban J connectivity index is 1.61. The predicted molar refractivity (Wildman–Crippen MR) is 112 cm³/mol. The van der Waals surface area contributed by atoms with E-state index >= 15 is 0 Å². The first-order valence-electron chi connectivity index (χ1n) is 8.08. The molecule has 2 aromatic carbocycles. The van der Waals surface area contributed by atoms with Crippen molar-refractivity contribution in [2.45, 2.75) is 12.8 Å². The van der Waals surface area contributed by atoms with Crippen molar-refractivity contribution in [3.8, 4) is 11.5 Å². The van der Waals surface area contributed by atoms with Crippen LogP contribution in [-0.2, 0) is 9.59 Å². The molecule has 28 heavy (non-hydrogen) atoms. The Bertz CT molecular complexity index is 852. The number of amides is 2. The van der Waals surface area contributed by atoms with Crippen LogP contribution in [-0.4, -0.2) is 25.0 Å².